The van der Waals surface area contributed by atoms with Gasteiger partial charge >= 0.3 is 11.7 Å². The lowest BCUT2D eigenvalue weighted by Gasteiger charge is -2.34. The molecule has 2 aromatic carbocycles. The minimum Gasteiger partial charge on any atom is -0.465 e. The summed E-state index contributed by atoms with van der Waals surface area (Å²) in [6, 6.07) is 13.1. The largest absolute Gasteiger partial charge is 0.465 e. The Morgan fingerprint density at radius 1 is 1.17 bits per heavy atom. The number of rotatable bonds is 4. The van der Waals surface area contributed by atoms with Gasteiger partial charge in [0, 0.05) is 5.54 Å². The van der Waals surface area contributed by atoms with Crippen molar-refractivity contribution in [2.45, 2.75) is 46.2 Å². The molecule has 0 saturated heterocycles. The molecule has 1 aromatic heterocycles. The van der Waals surface area contributed by atoms with Crippen LogP contribution in [0.25, 0.3) is 10.9 Å². The third kappa shape index (κ3) is 4.08. The minimum atomic E-state index is -1.09. The first-order valence-corrected chi connectivity index (χ1v) is 9.38. The molecule has 0 saturated carbocycles. The van der Waals surface area contributed by atoms with Gasteiger partial charge in [-0.1, -0.05) is 30.3 Å². The second-order valence-electron chi connectivity index (χ2n) is 7.98. The van der Waals surface area contributed by atoms with Gasteiger partial charge in [0.1, 0.15) is 0 Å². The molecule has 0 aliphatic carbocycles. The fraction of sp³-hybridized carbons (Fsp3) is 0.318. The number of aromatic nitrogens is 1. The maximum atomic E-state index is 12.7. The van der Waals surface area contributed by atoms with E-state index in [9.17, 15) is 14.7 Å². The molecule has 3 aromatic rings. The molecule has 0 fully saturated rings. The van der Waals surface area contributed by atoms with Crippen molar-refractivity contribution in [3.63, 3.8) is 0 Å². The molecule has 0 aliphatic heterocycles. The van der Waals surface area contributed by atoms with Crippen LogP contribution in [-0.2, 0) is 0 Å². The normalized spacial score (nSPS) is 12.6. The zero-order valence-electron chi connectivity index (χ0n) is 17.2. The number of amides is 1. The summed E-state index contributed by atoms with van der Waals surface area (Å²) in [6.07, 6.45) is -1.09. The van der Waals surface area contributed by atoms with Gasteiger partial charge in [0.2, 0.25) is 0 Å². The van der Waals surface area contributed by atoms with Crippen LogP contribution in [0.5, 0.6) is 0 Å². The van der Waals surface area contributed by atoms with Crippen LogP contribution in [0.4, 0.5) is 16.5 Å². The van der Waals surface area contributed by atoms with Gasteiger partial charge in [-0.3, -0.25) is 4.90 Å². The smallest absolute Gasteiger partial charge is 0.412 e. The first-order valence-electron chi connectivity index (χ1n) is 9.38. The highest BCUT2D eigenvalue weighted by Crippen LogP contribution is 2.31. The Kier molecular flexibility index (Phi) is 5.33. The Morgan fingerprint density at radius 3 is 2.41 bits per heavy atom. The molecular weight excluding hydrogens is 370 g/mol. The number of hydrogen-bond acceptors (Lipinski definition) is 5. The summed E-state index contributed by atoms with van der Waals surface area (Å²) in [5, 5.41) is 13.1. The van der Waals surface area contributed by atoms with Gasteiger partial charge in [-0.2, -0.15) is 4.98 Å². The number of benzene rings is 2. The molecule has 1 amide bonds. The van der Waals surface area contributed by atoms with Gasteiger partial charge in [0.15, 0.2) is 0 Å². The van der Waals surface area contributed by atoms with Crippen molar-refractivity contribution in [2.75, 3.05) is 10.2 Å². The number of nitrogens with zero attached hydrogens (tertiary/aromatic N) is 2. The maximum Gasteiger partial charge on any atom is 0.412 e. The highest BCUT2D eigenvalue weighted by Gasteiger charge is 2.30. The summed E-state index contributed by atoms with van der Waals surface area (Å²) in [5.74, 6) is 0. The summed E-state index contributed by atoms with van der Waals surface area (Å²) in [7, 11) is 0. The van der Waals surface area contributed by atoms with E-state index in [-0.39, 0.29) is 17.4 Å². The highest BCUT2D eigenvalue weighted by atomic mass is 16.4. The van der Waals surface area contributed by atoms with Gasteiger partial charge in [0.25, 0.3) is 6.01 Å². The Morgan fingerprint density at radius 2 is 1.83 bits per heavy atom. The van der Waals surface area contributed by atoms with Crippen LogP contribution in [0.3, 0.4) is 0 Å². The number of anilines is 2. The van der Waals surface area contributed by atoms with Gasteiger partial charge in [-0.15, -0.1) is 0 Å². The van der Waals surface area contributed by atoms with Gasteiger partial charge < -0.3 is 14.8 Å². The van der Waals surface area contributed by atoms with Crippen LogP contribution < -0.4 is 15.8 Å². The van der Waals surface area contributed by atoms with E-state index in [1.807, 2.05) is 37.3 Å². The first-order chi connectivity index (χ1) is 13.6. The van der Waals surface area contributed by atoms with Crippen molar-refractivity contribution in [1.82, 2.24) is 4.98 Å². The molecule has 2 N–H and O–H groups in total. The Balaban J connectivity index is 2.04. The topological polar surface area (TPSA) is 95.7 Å². The average molecular weight is 395 g/mol. The standard InChI is InChI=1S/C22H25N3O4/c1-13-17(25(21(27)28)22(3,4)5)12-11-16-18(13)19(26)29-20(24-16)23-14(2)15-9-7-6-8-10-15/h6-12,14H,1-5H3,(H,23,24)(H,27,28)/t14-/m0/s1. The van der Waals surface area contributed by atoms with Gasteiger partial charge in [-0.05, 0) is 57.9 Å². The predicted molar refractivity (Wildman–Crippen MR) is 114 cm³/mol. The molecule has 0 spiro atoms. The minimum absolute atomic E-state index is 0.104. The third-order valence-corrected chi connectivity index (χ3v) is 4.77. The maximum absolute atomic E-state index is 12.7. The fourth-order valence-corrected chi connectivity index (χ4v) is 3.37. The summed E-state index contributed by atoms with van der Waals surface area (Å²) < 4.78 is 5.40. The summed E-state index contributed by atoms with van der Waals surface area (Å²) in [4.78, 5) is 30.2. The van der Waals surface area contributed by atoms with Crippen LogP contribution in [0, 0.1) is 6.92 Å². The van der Waals surface area contributed by atoms with E-state index < -0.39 is 17.3 Å². The molecule has 152 valence electrons. The van der Waals surface area contributed by atoms with Crippen molar-refractivity contribution in [3.8, 4) is 0 Å². The molecule has 1 heterocycles. The highest BCUT2D eigenvalue weighted by molar-refractivity contribution is 5.94. The van der Waals surface area contributed by atoms with E-state index in [1.54, 1.807) is 39.8 Å². The van der Waals surface area contributed by atoms with E-state index in [0.717, 1.165) is 5.56 Å². The Hall–Kier alpha value is -3.35. The fourth-order valence-electron chi connectivity index (χ4n) is 3.37. The first kappa shape index (κ1) is 20.4. The molecule has 7 heteroatoms. The molecule has 0 bridgehead atoms. The van der Waals surface area contributed by atoms with E-state index >= 15 is 0 Å². The molecule has 7 nitrogen and oxygen atoms in total. The monoisotopic (exact) mass is 395 g/mol. The number of carboxylic acid groups (broad SMARTS) is 1. The second-order valence-corrected chi connectivity index (χ2v) is 7.98. The van der Waals surface area contributed by atoms with Crippen LogP contribution in [-0.4, -0.2) is 21.7 Å². The lowest BCUT2D eigenvalue weighted by molar-refractivity contribution is 0.195. The Labute approximate surface area is 169 Å². The lowest BCUT2D eigenvalue weighted by Crippen LogP contribution is -2.45. The van der Waals surface area contributed by atoms with Crippen molar-refractivity contribution < 1.29 is 14.3 Å². The third-order valence-electron chi connectivity index (χ3n) is 4.77. The van der Waals surface area contributed by atoms with Crippen molar-refractivity contribution in [2.24, 2.45) is 0 Å². The molecule has 3 rings (SSSR count). The Bertz CT molecular complexity index is 1100. The zero-order chi connectivity index (χ0) is 21.3. The molecule has 0 radical (unpaired) electrons. The zero-order valence-corrected chi connectivity index (χ0v) is 17.2. The molecule has 29 heavy (non-hydrogen) atoms. The summed E-state index contributed by atoms with van der Waals surface area (Å²) in [6.45, 7) is 9.04. The number of nitrogens with one attached hydrogen (secondary N) is 1. The van der Waals surface area contributed by atoms with Crippen LogP contribution in [0.1, 0.15) is 44.9 Å². The number of hydrogen-bond donors (Lipinski definition) is 2. The number of fused-ring (bicyclic) bond motifs is 1. The SMILES string of the molecule is Cc1c(N(C(=O)O)C(C)(C)C)ccc2nc(N[C@@H](C)c3ccccc3)oc(=O)c12. The quantitative estimate of drug-likeness (QED) is 0.649. The van der Waals surface area contributed by atoms with Crippen LogP contribution >= 0.6 is 0 Å². The number of carbonyl (C=O) groups is 1. The van der Waals surface area contributed by atoms with E-state index in [0.29, 0.717) is 16.8 Å². The molecule has 0 unspecified atom stereocenters. The summed E-state index contributed by atoms with van der Waals surface area (Å²) in [5.41, 5.74) is 1.20. The van der Waals surface area contributed by atoms with Gasteiger partial charge in [0.05, 0.1) is 22.6 Å². The van der Waals surface area contributed by atoms with Crippen molar-refractivity contribution in [1.29, 1.82) is 0 Å². The molecule has 1 atom stereocenters. The van der Waals surface area contributed by atoms with E-state index in [1.165, 1.54) is 4.90 Å². The van der Waals surface area contributed by atoms with Crippen molar-refractivity contribution in [3.05, 3.63) is 64.0 Å². The van der Waals surface area contributed by atoms with Gasteiger partial charge in [-0.25, -0.2) is 9.59 Å². The molecular formula is C22H25N3O4. The van der Waals surface area contributed by atoms with Crippen molar-refractivity contribution >= 4 is 28.7 Å². The number of aryl methyl sites for hydroxylation is 1. The predicted octanol–water partition coefficient (Wildman–Crippen LogP) is 4.95. The van der Waals surface area contributed by atoms with E-state index in [2.05, 4.69) is 10.3 Å². The van der Waals surface area contributed by atoms with Crippen LogP contribution in [0.15, 0.2) is 51.7 Å². The lowest BCUT2D eigenvalue weighted by atomic mass is 10.0. The summed E-state index contributed by atoms with van der Waals surface area (Å²) >= 11 is 0. The van der Waals surface area contributed by atoms with E-state index in [4.69, 9.17) is 4.42 Å². The average Bonchev–Trinajstić information content (AvgIpc) is 2.63. The second kappa shape index (κ2) is 7.58. The van der Waals surface area contributed by atoms with Crippen LogP contribution in [0.2, 0.25) is 0 Å². The molecule has 0 aliphatic rings.